The summed E-state index contributed by atoms with van der Waals surface area (Å²) < 4.78 is 65.8. The van der Waals surface area contributed by atoms with Gasteiger partial charge in [0, 0.05) is 36.8 Å². The summed E-state index contributed by atoms with van der Waals surface area (Å²) in [5.41, 5.74) is 0.155. The average Bonchev–Trinajstić information content (AvgIpc) is 3.30. The van der Waals surface area contributed by atoms with E-state index in [1.807, 2.05) is 0 Å². The van der Waals surface area contributed by atoms with Gasteiger partial charge in [0.2, 0.25) is 20.0 Å². The Hall–Kier alpha value is -1.77. The fourth-order valence-corrected chi connectivity index (χ4v) is 7.55. The van der Waals surface area contributed by atoms with E-state index in [4.69, 9.17) is 21.1 Å². The molecule has 0 saturated carbocycles. The minimum atomic E-state index is -3.64. The minimum Gasteiger partial charge on any atom is -0.491 e. The molecule has 2 fully saturated rings. The molecule has 0 bridgehead atoms. The van der Waals surface area contributed by atoms with E-state index in [0.717, 1.165) is 0 Å². The van der Waals surface area contributed by atoms with Crippen LogP contribution < -0.4 is 14.8 Å². The Morgan fingerprint density at radius 2 is 1.89 bits per heavy atom. The van der Waals surface area contributed by atoms with Crippen LogP contribution in [0.2, 0.25) is 5.02 Å². The lowest BCUT2D eigenvalue weighted by atomic mass is 9.88. The first-order valence-electron chi connectivity index (χ1n) is 12.4. The summed E-state index contributed by atoms with van der Waals surface area (Å²) >= 11 is 6.14. The third-order valence-corrected chi connectivity index (χ3v) is 11.0. The van der Waals surface area contributed by atoms with Crippen LogP contribution in [0.5, 0.6) is 5.75 Å². The molecule has 0 aromatic heterocycles. The fourth-order valence-electron chi connectivity index (χ4n) is 4.87. The van der Waals surface area contributed by atoms with Crippen LogP contribution in [0.15, 0.2) is 52.3 Å². The Balaban J connectivity index is 1.24. The first-order chi connectivity index (χ1) is 18.0. The molecular weight excluding hydrogens is 554 g/mol. The predicted octanol–water partition coefficient (Wildman–Crippen LogP) is 1.90. The molecule has 210 valence electrons. The number of nitrogens with zero attached hydrogens (tertiary/aromatic N) is 1. The largest absolute Gasteiger partial charge is 0.491 e. The van der Waals surface area contributed by atoms with Gasteiger partial charge >= 0.3 is 0 Å². The molecule has 4 rings (SSSR count). The third-order valence-electron chi connectivity index (χ3n) is 7.15. The molecule has 2 aliphatic rings. The van der Waals surface area contributed by atoms with Crippen molar-refractivity contribution in [3.8, 4) is 5.75 Å². The van der Waals surface area contributed by atoms with Crippen LogP contribution in [-0.2, 0) is 24.8 Å². The Kier molecular flexibility index (Phi) is 9.05. The van der Waals surface area contributed by atoms with E-state index in [1.54, 1.807) is 37.3 Å². The number of ether oxygens (including phenoxy) is 2. The van der Waals surface area contributed by atoms with E-state index in [9.17, 15) is 21.9 Å². The smallest absolute Gasteiger partial charge is 0.243 e. The van der Waals surface area contributed by atoms with Gasteiger partial charge in [-0.15, -0.1) is 0 Å². The number of piperidine rings is 1. The van der Waals surface area contributed by atoms with E-state index in [1.165, 1.54) is 23.5 Å². The van der Waals surface area contributed by atoms with E-state index in [0.29, 0.717) is 55.3 Å². The number of sulfonamides is 2. The summed E-state index contributed by atoms with van der Waals surface area (Å²) in [7, 11) is -5.89. The maximum Gasteiger partial charge on any atom is 0.243 e. The Morgan fingerprint density at radius 3 is 2.61 bits per heavy atom. The van der Waals surface area contributed by atoms with Crippen molar-refractivity contribution in [2.45, 2.75) is 53.7 Å². The normalized spacial score (nSPS) is 21.0. The monoisotopic (exact) mass is 587 g/mol. The van der Waals surface area contributed by atoms with Crippen molar-refractivity contribution < 1.29 is 31.4 Å². The van der Waals surface area contributed by atoms with Crippen molar-refractivity contribution in [2.75, 3.05) is 39.9 Å². The zero-order valence-electron chi connectivity index (χ0n) is 21.4. The molecule has 2 aliphatic heterocycles. The van der Waals surface area contributed by atoms with Gasteiger partial charge in [-0.1, -0.05) is 23.7 Å². The number of aliphatic hydroxyl groups is 1. The predicted molar refractivity (Wildman–Crippen MR) is 143 cm³/mol. The average molecular weight is 588 g/mol. The van der Waals surface area contributed by atoms with E-state index >= 15 is 0 Å². The molecule has 0 amide bonds. The number of hydrogen-bond acceptors (Lipinski definition) is 8. The topological polar surface area (TPSA) is 134 Å². The molecule has 2 heterocycles. The van der Waals surface area contributed by atoms with Gasteiger partial charge in [-0.3, -0.25) is 0 Å². The first-order valence-corrected chi connectivity index (χ1v) is 15.7. The summed E-state index contributed by atoms with van der Waals surface area (Å²) in [5.74, 6) is 0.346. The van der Waals surface area contributed by atoms with E-state index in [2.05, 4.69) is 10.0 Å². The van der Waals surface area contributed by atoms with Gasteiger partial charge in [0.05, 0.1) is 22.0 Å². The number of nitrogens with one attached hydrogen (secondary N) is 2. The van der Waals surface area contributed by atoms with Crippen molar-refractivity contribution in [1.82, 2.24) is 14.3 Å². The highest BCUT2D eigenvalue weighted by Gasteiger charge is 2.45. The molecule has 1 unspecified atom stereocenters. The molecule has 2 aromatic rings. The molecule has 0 radical (unpaired) electrons. The summed E-state index contributed by atoms with van der Waals surface area (Å²) in [4.78, 5) is 0.319. The van der Waals surface area contributed by atoms with Gasteiger partial charge in [0.25, 0.3) is 0 Å². The summed E-state index contributed by atoms with van der Waals surface area (Å²) in [5, 5.41) is 14.1. The molecule has 3 N–H and O–H groups in total. The van der Waals surface area contributed by atoms with Crippen LogP contribution in [0.1, 0.15) is 24.8 Å². The number of rotatable bonds is 10. The van der Waals surface area contributed by atoms with Gasteiger partial charge in [-0.05, 0) is 63.1 Å². The van der Waals surface area contributed by atoms with Crippen molar-refractivity contribution in [2.24, 2.45) is 0 Å². The van der Waals surface area contributed by atoms with Gasteiger partial charge < -0.3 is 19.9 Å². The molecule has 2 aromatic carbocycles. The lowest BCUT2D eigenvalue weighted by Crippen LogP contribution is -2.47. The molecular formula is C25H34ClN3O7S2. The highest BCUT2D eigenvalue weighted by atomic mass is 35.5. The Labute approximate surface area is 229 Å². The van der Waals surface area contributed by atoms with Gasteiger partial charge in [0.1, 0.15) is 18.5 Å². The molecule has 1 spiro atoms. The van der Waals surface area contributed by atoms with Crippen molar-refractivity contribution in [3.63, 3.8) is 0 Å². The second-order valence-electron chi connectivity index (χ2n) is 9.72. The molecule has 10 nitrogen and oxygen atoms in total. The van der Waals surface area contributed by atoms with Crippen molar-refractivity contribution in [1.29, 1.82) is 0 Å². The Bertz CT molecular complexity index is 1350. The standard InChI is InChI=1S/C25H34ClN3O7S2/c1-18-23(26)7-4-8-24(18)38(33,34)29-11-9-25(10-12-29)14-19(16-36-25)28-15-20(30)17-35-21-5-3-6-22(13-21)37(31,32)27-2/h3-8,13,19-20,27-28,30H,9-12,14-17H2,1-2H3/t19?,20-/m0/s1. The molecule has 2 saturated heterocycles. The first kappa shape index (κ1) is 29.2. The minimum absolute atomic E-state index is 0.00941. The summed E-state index contributed by atoms with van der Waals surface area (Å²) in [6, 6.07) is 11.0. The molecule has 0 aliphatic carbocycles. The van der Waals surface area contributed by atoms with Crippen LogP contribution >= 0.6 is 11.6 Å². The van der Waals surface area contributed by atoms with Gasteiger partial charge in [-0.2, -0.15) is 4.31 Å². The lowest BCUT2D eigenvalue weighted by molar-refractivity contribution is -0.0312. The maximum atomic E-state index is 13.2. The second kappa shape index (κ2) is 11.8. The fraction of sp³-hybridized carbons (Fsp3) is 0.520. The number of benzene rings is 2. The van der Waals surface area contributed by atoms with E-state index in [-0.39, 0.29) is 29.0 Å². The van der Waals surface area contributed by atoms with Crippen LogP contribution in [0, 0.1) is 6.92 Å². The highest BCUT2D eigenvalue weighted by Crippen LogP contribution is 2.38. The van der Waals surface area contributed by atoms with Gasteiger partial charge in [0.15, 0.2) is 0 Å². The molecule has 38 heavy (non-hydrogen) atoms. The SMILES string of the molecule is CNS(=O)(=O)c1cccc(OC[C@@H](O)CNC2COC3(CCN(S(=O)(=O)c4cccc(Cl)c4C)CC3)C2)c1. The maximum absolute atomic E-state index is 13.2. The molecule has 13 heteroatoms. The number of hydrogen-bond donors (Lipinski definition) is 3. The van der Waals surface area contributed by atoms with Crippen molar-refractivity contribution >= 4 is 31.6 Å². The second-order valence-corrected chi connectivity index (χ2v) is 13.9. The number of aliphatic hydroxyl groups excluding tert-OH is 1. The Morgan fingerprint density at radius 1 is 1.18 bits per heavy atom. The summed E-state index contributed by atoms with van der Waals surface area (Å²) in [6.45, 7) is 3.16. The lowest BCUT2D eigenvalue weighted by Gasteiger charge is -2.38. The quantitative estimate of drug-likeness (QED) is 0.384. The summed E-state index contributed by atoms with van der Waals surface area (Å²) in [6.07, 6.45) is 1.07. The van der Waals surface area contributed by atoms with Crippen molar-refractivity contribution in [3.05, 3.63) is 53.1 Å². The molecule has 2 atom stereocenters. The van der Waals surface area contributed by atoms with Gasteiger partial charge in [-0.25, -0.2) is 21.6 Å². The number of halogens is 1. The van der Waals surface area contributed by atoms with Crippen LogP contribution in [0.3, 0.4) is 0 Å². The highest BCUT2D eigenvalue weighted by molar-refractivity contribution is 7.89. The zero-order chi connectivity index (χ0) is 27.6. The van der Waals surface area contributed by atoms with Crippen LogP contribution in [-0.4, -0.2) is 83.9 Å². The van der Waals surface area contributed by atoms with E-state index < -0.39 is 31.8 Å². The third kappa shape index (κ3) is 6.50. The van der Waals surface area contributed by atoms with Crippen LogP contribution in [0.25, 0.3) is 0 Å². The van der Waals surface area contributed by atoms with Crippen LogP contribution in [0.4, 0.5) is 0 Å². The zero-order valence-corrected chi connectivity index (χ0v) is 23.8.